The highest BCUT2D eigenvalue weighted by atomic mass is 19.1. The summed E-state index contributed by atoms with van der Waals surface area (Å²) in [4.78, 5) is 0. The van der Waals surface area contributed by atoms with Gasteiger partial charge in [-0.1, -0.05) is 0 Å². The molecule has 76 valence electrons. The monoisotopic (exact) mass is 196 g/mol. The molecule has 1 atom stereocenters. The van der Waals surface area contributed by atoms with E-state index in [2.05, 4.69) is 0 Å². The van der Waals surface area contributed by atoms with Crippen LogP contribution in [-0.4, -0.2) is 18.3 Å². The lowest BCUT2D eigenvalue weighted by molar-refractivity contribution is 0.268. The molecule has 1 heterocycles. The maximum absolute atomic E-state index is 13.0. The predicted molar refractivity (Wildman–Crippen MR) is 51.0 cm³/mol. The fraction of sp³-hybridized carbons (Fsp3) is 0.455. The lowest BCUT2D eigenvalue weighted by atomic mass is 9.96. The van der Waals surface area contributed by atoms with E-state index in [0.29, 0.717) is 6.61 Å². The van der Waals surface area contributed by atoms with E-state index in [0.717, 1.165) is 24.2 Å². The molecule has 2 rings (SSSR count). The highest BCUT2D eigenvalue weighted by Crippen LogP contribution is 2.36. The van der Waals surface area contributed by atoms with Crippen LogP contribution in [0.3, 0.4) is 0 Å². The summed E-state index contributed by atoms with van der Waals surface area (Å²) in [6.45, 7) is 0.792. The molecule has 0 aromatic heterocycles. The number of benzene rings is 1. The second-order valence-corrected chi connectivity index (χ2v) is 3.56. The first-order chi connectivity index (χ1) is 6.81. The fourth-order valence-electron chi connectivity index (χ4n) is 1.83. The van der Waals surface area contributed by atoms with Gasteiger partial charge in [-0.3, -0.25) is 0 Å². The largest absolute Gasteiger partial charge is 0.493 e. The summed E-state index contributed by atoms with van der Waals surface area (Å²) in [7, 11) is 0. The molecule has 1 aliphatic heterocycles. The minimum absolute atomic E-state index is 0.182. The van der Waals surface area contributed by atoms with Crippen LogP contribution in [0.15, 0.2) is 18.2 Å². The lowest BCUT2D eigenvalue weighted by Gasteiger charge is -2.06. The Morgan fingerprint density at radius 2 is 2.36 bits per heavy atom. The van der Waals surface area contributed by atoms with Crippen LogP contribution in [0.25, 0.3) is 0 Å². The van der Waals surface area contributed by atoms with Gasteiger partial charge >= 0.3 is 0 Å². The zero-order valence-electron chi connectivity index (χ0n) is 7.87. The van der Waals surface area contributed by atoms with Gasteiger partial charge in [0.15, 0.2) is 0 Å². The standard InChI is InChI=1S/C11H13FO2/c12-9-3-4-11-10(6-9)8(7-14-11)2-1-5-13/h3-4,6,8,13H,1-2,5,7H2. The third-order valence-electron chi connectivity index (χ3n) is 2.56. The Morgan fingerprint density at radius 1 is 1.50 bits per heavy atom. The van der Waals surface area contributed by atoms with Gasteiger partial charge in [0.05, 0.1) is 6.61 Å². The number of halogens is 1. The number of hydrogen-bond donors (Lipinski definition) is 1. The molecule has 1 N–H and O–H groups in total. The van der Waals surface area contributed by atoms with E-state index in [1.807, 2.05) is 0 Å². The first-order valence-corrected chi connectivity index (χ1v) is 4.84. The molecule has 3 heteroatoms. The average molecular weight is 196 g/mol. The fourth-order valence-corrected chi connectivity index (χ4v) is 1.83. The Labute approximate surface area is 82.3 Å². The van der Waals surface area contributed by atoms with E-state index in [-0.39, 0.29) is 18.3 Å². The normalized spacial score (nSPS) is 19.1. The second-order valence-electron chi connectivity index (χ2n) is 3.56. The van der Waals surface area contributed by atoms with Crippen molar-refractivity contribution in [3.63, 3.8) is 0 Å². The van der Waals surface area contributed by atoms with Crippen LogP contribution in [0, 0.1) is 5.82 Å². The number of fused-ring (bicyclic) bond motifs is 1. The van der Waals surface area contributed by atoms with Crippen LogP contribution in [0.5, 0.6) is 5.75 Å². The minimum Gasteiger partial charge on any atom is -0.493 e. The number of rotatable bonds is 3. The third-order valence-corrected chi connectivity index (χ3v) is 2.56. The Bertz CT molecular complexity index is 325. The van der Waals surface area contributed by atoms with E-state index >= 15 is 0 Å². The molecule has 0 aliphatic carbocycles. The summed E-state index contributed by atoms with van der Waals surface area (Å²) in [5, 5.41) is 8.71. The van der Waals surface area contributed by atoms with E-state index < -0.39 is 0 Å². The zero-order chi connectivity index (χ0) is 9.97. The summed E-state index contributed by atoms with van der Waals surface area (Å²) < 4.78 is 18.4. The number of aliphatic hydroxyl groups is 1. The van der Waals surface area contributed by atoms with Gasteiger partial charge in [0.1, 0.15) is 11.6 Å². The average Bonchev–Trinajstić information content (AvgIpc) is 2.57. The molecule has 0 spiro atoms. The molecule has 0 bridgehead atoms. The smallest absolute Gasteiger partial charge is 0.123 e. The quantitative estimate of drug-likeness (QED) is 0.802. The Morgan fingerprint density at radius 3 is 3.14 bits per heavy atom. The first kappa shape index (κ1) is 9.46. The van der Waals surface area contributed by atoms with E-state index in [1.54, 1.807) is 6.07 Å². The number of aliphatic hydroxyl groups excluding tert-OH is 1. The highest BCUT2D eigenvalue weighted by molar-refractivity contribution is 5.40. The molecular formula is C11H13FO2. The van der Waals surface area contributed by atoms with Crippen LogP contribution < -0.4 is 4.74 Å². The molecule has 1 unspecified atom stereocenters. The van der Waals surface area contributed by atoms with Gasteiger partial charge < -0.3 is 9.84 Å². The summed E-state index contributed by atoms with van der Waals surface area (Å²) in [6.07, 6.45) is 1.59. The van der Waals surface area contributed by atoms with Gasteiger partial charge in [-0.2, -0.15) is 0 Å². The molecule has 1 aliphatic rings. The van der Waals surface area contributed by atoms with Crippen molar-refractivity contribution in [2.45, 2.75) is 18.8 Å². The molecule has 2 nitrogen and oxygen atoms in total. The molecule has 1 aromatic rings. The van der Waals surface area contributed by atoms with E-state index in [1.165, 1.54) is 12.1 Å². The van der Waals surface area contributed by atoms with Crippen LogP contribution in [0.2, 0.25) is 0 Å². The number of ether oxygens (including phenoxy) is 1. The zero-order valence-corrected chi connectivity index (χ0v) is 7.87. The van der Waals surface area contributed by atoms with Gasteiger partial charge in [0.25, 0.3) is 0 Å². The van der Waals surface area contributed by atoms with Crippen LogP contribution in [-0.2, 0) is 0 Å². The maximum atomic E-state index is 13.0. The van der Waals surface area contributed by atoms with Crippen molar-refractivity contribution in [3.8, 4) is 5.75 Å². The summed E-state index contributed by atoms with van der Waals surface area (Å²) in [6, 6.07) is 4.61. The molecule has 1 aromatic carbocycles. The van der Waals surface area contributed by atoms with Crippen molar-refractivity contribution in [3.05, 3.63) is 29.6 Å². The van der Waals surface area contributed by atoms with Crippen LogP contribution in [0.1, 0.15) is 24.3 Å². The van der Waals surface area contributed by atoms with Crippen molar-refractivity contribution < 1.29 is 14.2 Å². The third kappa shape index (κ3) is 1.73. The van der Waals surface area contributed by atoms with Crippen molar-refractivity contribution in [2.24, 2.45) is 0 Å². The summed E-state index contributed by atoms with van der Waals surface area (Å²) in [5.74, 6) is 0.811. The topological polar surface area (TPSA) is 29.5 Å². The first-order valence-electron chi connectivity index (χ1n) is 4.84. The lowest BCUT2D eigenvalue weighted by Crippen LogP contribution is -2.01. The maximum Gasteiger partial charge on any atom is 0.123 e. The molecule has 0 saturated carbocycles. The van der Waals surface area contributed by atoms with Gasteiger partial charge in [-0.05, 0) is 31.0 Å². The predicted octanol–water partition coefficient (Wildman–Crippen LogP) is 2.07. The number of hydrogen-bond acceptors (Lipinski definition) is 2. The summed E-state index contributed by atoms with van der Waals surface area (Å²) in [5.41, 5.74) is 0.943. The Kier molecular flexibility index (Phi) is 2.68. The second kappa shape index (κ2) is 3.96. The van der Waals surface area contributed by atoms with Crippen LogP contribution >= 0.6 is 0 Å². The summed E-state index contributed by atoms with van der Waals surface area (Å²) >= 11 is 0. The SMILES string of the molecule is OCCCC1COc2ccc(F)cc21. The molecule has 0 radical (unpaired) electrons. The van der Waals surface area contributed by atoms with Gasteiger partial charge in [0.2, 0.25) is 0 Å². The van der Waals surface area contributed by atoms with E-state index in [9.17, 15) is 4.39 Å². The molecule has 0 fully saturated rings. The Balaban J connectivity index is 2.16. The molecule has 14 heavy (non-hydrogen) atoms. The van der Waals surface area contributed by atoms with Gasteiger partial charge in [0, 0.05) is 18.1 Å². The van der Waals surface area contributed by atoms with Crippen molar-refractivity contribution in [1.29, 1.82) is 0 Å². The van der Waals surface area contributed by atoms with Crippen molar-refractivity contribution in [2.75, 3.05) is 13.2 Å². The molecule has 0 amide bonds. The molecule has 0 saturated heterocycles. The van der Waals surface area contributed by atoms with Crippen molar-refractivity contribution >= 4 is 0 Å². The van der Waals surface area contributed by atoms with Crippen LogP contribution in [0.4, 0.5) is 4.39 Å². The van der Waals surface area contributed by atoms with Gasteiger partial charge in [-0.25, -0.2) is 4.39 Å². The van der Waals surface area contributed by atoms with E-state index in [4.69, 9.17) is 9.84 Å². The Hall–Kier alpha value is -1.09. The van der Waals surface area contributed by atoms with Gasteiger partial charge in [-0.15, -0.1) is 0 Å². The molecular weight excluding hydrogens is 183 g/mol. The van der Waals surface area contributed by atoms with Crippen molar-refractivity contribution in [1.82, 2.24) is 0 Å². The highest BCUT2D eigenvalue weighted by Gasteiger charge is 2.23. The minimum atomic E-state index is -0.219.